The second kappa shape index (κ2) is 6.11. The van der Waals surface area contributed by atoms with Crippen LogP contribution in [0.4, 0.5) is 11.4 Å². The summed E-state index contributed by atoms with van der Waals surface area (Å²) in [6.45, 7) is 8.06. The Morgan fingerprint density at radius 2 is 1.04 bits per heavy atom. The Morgan fingerprint density at radius 3 is 1.42 bits per heavy atom. The Bertz CT molecular complexity index is 757. The Morgan fingerprint density at radius 1 is 0.667 bits per heavy atom. The summed E-state index contributed by atoms with van der Waals surface area (Å²) in [5, 5.41) is 0. The van der Waals surface area contributed by atoms with Crippen LogP contribution in [0.2, 0.25) is 0 Å². The van der Waals surface area contributed by atoms with E-state index in [4.69, 9.17) is 0 Å². The highest BCUT2D eigenvalue weighted by Gasteiger charge is 2.33. The summed E-state index contributed by atoms with van der Waals surface area (Å²) in [4.78, 5) is 28.6. The maximum absolute atomic E-state index is 12.7. The van der Waals surface area contributed by atoms with Gasteiger partial charge in [-0.25, -0.2) is 0 Å². The summed E-state index contributed by atoms with van der Waals surface area (Å²) in [6, 6.07) is 11.9. The number of anilines is 2. The molecular weight excluding hydrogens is 300 g/mol. The van der Waals surface area contributed by atoms with Crippen LogP contribution in [0.5, 0.6) is 0 Å². The van der Waals surface area contributed by atoms with E-state index in [-0.39, 0.29) is 24.9 Å². The van der Waals surface area contributed by atoms with Crippen LogP contribution >= 0.6 is 0 Å². The predicted octanol–water partition coefficient (Wildman–Crippen LogP) is 3.30. The Balaban J connectivity index is 1.92. The first-order valence-electron chi connectivity index (χ1n) is 8.12. The molecule has 2 amide bonds. The molecule has 1 aliphatic heterocycles. The molecule has 0 radical (unpaired) electrons. The van der Waals surface area contributed by atoms with Crippen molar-refractivity contribution in [2.75, 3.05) is 22.9 Å². The van der Waals surface area contributed by atoms with Crippen molar-refractivity contribution in [2.24, 2.45) is 0 Å². The topological polar surface area (TPSA) is 40.6 Å². The fourth-order valence-corrected chi connectivity index (χ4v) is 3.08. The van der Waals surface area contributed by atoms with Crippen LogP contribution in [-0.4, -0.2) is 24.9 Å². The highest BCUT2D eigenvalue weighted by Crippen LogP contribution is 2.28. The summed E-state index contributed by atoms with van der Waals surface area (Å²) < 4.78 is 0. The lowest BCUT2D eigenvalue weighted by Crippen LogP contribution is -2.54. The number of benzene rings is 2. The zero-order chi connectivity index (χ0) is 17.4. The maximum Gasteiger partial charge on any atom is 0.247 e. The number of carbonyl (C=O) groups excluding carboxylic acids is 2. The molecule has 3 rings (SSSR count). The minimum Gasteiger partial charge on any atom is -0.301 e. The van der Waals surface area contributed by atoms with Crippen LogP contribution in [-0.2, 0) is 9.59 Å². The first kappa shape index (κ1) is 16.2. The van der Waals surface area contributed by atoms with Crippen LogP contribution in [0, 0.1) is 27.7 Å². The van der Waals surface area contributed by atoms with Gasteiger partial charge in [0.25, 0.3) is 0 Å². The number of hydrogen-bond donors (Lipinski definition) is 0. The number of hydrogen-bond acceptors (Lipinski definition) is 2. The molecular formula is C20H22N2O2. The molecule has 124 valence electrons. The predicted molar refractivity (Wildman–Crippen MR) is 96.5 cm³/mol. The van der Waals surface area contributed by atoms with Gasteiger partial charge in [0.2, 0.25) is 11.8 Å². The van der Waals surface area contributed by atoms with E-state index in [1.165, 1.54) is 0 Å². The van der Waals surface area contributed by atoms with Crippen molar-refractivity contribution in [3.63, 3.8) is 0 Å². The van der Waals surface area contributed by atoms with Gasteiger partial charge in [-0.2, -0.15) is 0 Å². The summed E-state index contributed by atoms with van der Waals surface area (Å²) in [5.41, 5.74) is 5.81. The smallest absolute Gasteiger partial charge is 0.247 e. The second-order valence-electron chi connectivity index (χ2n) is 6.54. The summed E-state index contributed by atoms with van der Waals surface area (Å²) >= 11 is 0. The molecule has 2 aromatic rings. The zero-order valence-electron chi connectivity index (χ0n) is 14.6. The van der Waals surface area contributed by atoms with Crippen molar-refractivity contribution < 1.29 is 9.59 Å². The largest absolute Gasteiger partial charge is 0.301 e. The van der Waals surface area contributed by atoms with Gasteiger partial charge in [0.1, 0.15) is 13.1 Å². The molecule has 24 heavy (non-hydrogen) atoms. The third-order valence-corrected chi connectivity index (χ3v) is 4.50. The van der Waals surface area contributed by atoms with Crippen LogP contribution in [0.3, 0.4) is 0 Å². The molecule has 1 fully saturated rings. The number of piperazine rings is 1. The van der Waals surface area contributed by atoms with Crippen molar-refractivity contribution in [3.8, 4) is 0 Å². The number of amides is 2. The lowest BCUT2D eigenvalue weighted by Gasteiger charge is -2.35. The molecule has 0 aliphatic carbocycles. The number of aryl methyl sites for hydroxylation is 4. The van der Waals surface area contributed by atoms with Gasteiger partial charge in [-0.1, -0.05) is 24.3 Å². The summed E-state index contributed by atoms with van der Waals surface area (Å²) in [5.74, 6) is -0.103. The van der Waals surface area contributed by atoms with E-state index in [2.05, 4.69) is 0 Å². The summed E-state index contributed by atoms with van der Waals surface area (Å²) in [7, 11) is 0. The third kappa shape index (κ3) is 2.92. The highest BCUT2D eigenvalue weighted by atomic mass is 16.2. The molecule has 0 N–H and O–H groups in total. The molecule has 0 bridgehead atoms. The minimum atomic E-state index is -0.0517. The van der Waals surface area contributed by atoms with Gasteiger partial charge in [0.15, 0.2) is 0 Å². The first-order valence-corrected chi connectivity index (χ1v) is 8.12. The van der Waals surface area contributed by atoms with Crippen LogP contribution < -0.4 is 9.80 Å². The standard InChI is InChI=1S/C20H22N2O2/c1-13-5-7-15(3)17(9-13)21-11-20(24)22(12-19(21)23)18-10-14(2)6-8-16(18)4/h5-10H,11-12H2,1-4H3. The van der Waals surface area contributed by atoms with Gasteiger partial charge >= 0.3 is 0 Å². The van der Waals surface area contributed by atoms with Crippen molar-refractivity contribution >= 4 is 23.2 Å². The van der Waals surface area contributed by atoms with Gasteiger partial charge in [0.05, 0.1) is 0 Å². The quantitative estimate of drug-likeness (QED) is 0.851. The fourth-order valence-electron chi connectivity index (χ4n) is 3.08. The molecule has 0 spiro atoms. The number of rotatable bonds is 2. The van der Waals surface area contributed by atoms with E-state index in [1.807, 2.05) is 64.1 Å². The van der Waals surface area contributed by atoms with Gasteiger partial charge in [-0.05, 0) is 62.1 Å². The normalized spacial score (nSPS) is 15.2. The lowest BCUT2D eigenvalue weighted by molar-refractivity contribution is -0.125. The minimum absolute atomic E-state index is 0.0517. The third-order valence-electron chi connectivity index (χ3n) is 4.50. The SMILES string of the molecule is Cc1ccc(C)c(N2CC(=O)N(c3cc(C)ccc3C)CC2=O)c1. The molecule has 4 nitrogen and oxygen atoms in total. The zero-order valence-corrected chi connectivity index (χ0v) is 14.6. The van der Waals surface area contributed by atoms with E-state index in [0.717, 1.165) is 33.6 Å². The van der Waals surface area contributed by atoms with Crippen molar-refractivity contribution in [3.05, 3.63) is 58.7 Å². The fraction of sp³-hybridized carbons (Fsp3) is 0.300. The molecule has 2 aromatic carbocycles. The van der Waals surface area contributed by atoms with Crippen LogP contribution in [0.1, 0.15) is 22.3 Å². The second-order valence-corrected chi connectivity index (χ2v) is 6.54. The van der Waals surface area contributed by atoms with E-state index in [9.17, 15) is 9.59 Å². The van der Waals surface area contributed by atoms with E-state index in [0.29, 0.717) is 0 Å². The monoisotopic (exact) mass is 322 g/mol. The van der Waals surface area contributed by atoms with E-state index >= 15 is 0 Å². The molecule has 1 saturated heterocycles. The molecule has 0 saturated carbocycles. The Kier molecular flexibility index (Phi) is 4.14. The molecule has 0 unspecified atom stereocenters. The van der Waals surface area contributed by atoms with Crippen molar-refractivity contribution in [2.45, 2.75) is 27.7 Å². The molecule has 0 atom stereocenters. The van der Waals surface area contributed by atoms with Crippen LogP contribution in [0.15, 0.2) is 36.4 Å². The average Bonchev–Trinajstić information content (AvgIpc) is 2.54. The highest BCUT2D eigenvalue weighted by molar-refractivity contribution is 6.12. The molecule has 4 heteroatoms. The van der Waals surface area contributed by atoms with Crippen LogP contribution in [0.25, 0.3) is 0 Å². The van der Waals surface area contributed by atoms with E-state index < -0.39 is 0 Å². The van der Waals surface area contributed by atoms with Gasteiger partial charge in [0, 0.05) is 11.4 Å². The Labute approximate surface area is 142 Å². The van der Waals surface area contributed by atoms with Gasteiger partial charge < -0.3 is 9.80 Å². The molecule has 0 aromatic heterocycles. The van der Waals surface area contributed by atoms with Gasteiger partial charge in [-0.15, -0.1) is 0 Å². The van der Waals surface area contributed by atoms with Crippen molar-refractivity contribution in [1.82, 2.24) is 0 Å². The molecule has 1 heterocycles. The summed E-state index contributed by atoms with van der Waals surface area (Å²) in [6.07, 6.45) is 0. The average molecular weight is 322 g/mol. The van der Waals surface area contributed by atoms with Gasteiger partial charge in [-0.3, -0.25) is 9.59 Å². The van der Waals surface area contributed by atoms with Crippen molar-refractivity contribution in [1.29, 1.82) is 0 Å². The maximum atomic E-state index is 12.7. The first-order chi connectivity index (χ1) is 11.4. The number of carbonyl (C=O) groups is 2. The lowest BCUT2D eigenvalue weighted by atomic mass is 10.1. The van der Waals surface area contributed by atoms with E-state index in [1.54, 1.807) is 9.80 Å². The molecule has 1 aliphatic rings. The number of nitrogens with zero attached hydrogens (tertiary/aromatic N) is 2. The Hall–Kier alpha value is -2.62.